The second-order valence-corrected chi connectivity index (χ2v) is 4.79. The van der Waals surface area contributed by atoms with Crippen molar-refractivity contribution < 1.29 is 13.6 Å². The predicted octanol–water partition coefficient (Wildman–Crippen LogP) is 2.61. The molecule has 0 aliphatic carbocycles. The van der Waals surface area contributed by atoms with Crippen LogP contribution in [-0.4, -0.2) is 24.0 Å². The summed E-state index contributed by atoms with van der Waals surface area (Å²) in [5.74, 6) is 0.340. The van der Waals surface area contributed by atoms with Crippen molar-refractivity contribution in [3.8, 4) is 0 Å². The van der Waals surface area contributed by atoms with Crippen molar-refractivity contribution in [2.45, 2.75) is 25.8 Å². The van der Waals surface area contributed by atoms with Gasteiger partial charge in [0.25, 0.3) is 5.91 Å². The zero-order valence-electron chi connectivity index (χ0n) is 12.0. The Bertz CT molecular complexity index is 599. The van der Waals surface area contributed by atoms with Gasteiger partial charge in [0.2, 0.25) is 0 Å². The Morgan fingerprint density at radius 2 is 2.33 bits per heavy atom. The number of pyridine rings is 1. The van der Waals surface area contributed by atoms with Gasteiger partial charge in [0, 0.05) is 19.5 Å². The largest absolute Gasteiger partial charge is 0.469 e. The SMILES string of the molecule is CNc1ncc(F)cc1C(=O)NC(C)CCc1ccco1. The summed E-state index contributed by atoms with van der Waals surface area (Å²) in [6.45, 7) is 1.90. The van der Waals surface area contributed by atoms with E-state index in [0.29, 0.717) is 5.82 Å². The summed E-state index contributed by atoms with van der Waals surface area (Å²) < 4.78 is 18.5. The fraction of sp³-hybridized carbons (Fsp3) is 0.333. The number of aryl methyl sites for hydroxylation is 1. The van der Waals surface area contributed by atoms with Gasteiger partial charge in [-0.05, 0) is 31.5 Å². The summed E-state index contributed by atoms with van der Waals surface area (Å²) in [5.41, 5.74) is 0.197. The molecule has 6 heteroatoms. The Morgan fingerprint density at radius 1 is 1.52 bits per heavy atom. The molecule has 1 atom stereocenters. The summed E-state index contributed by atoms with van der Waals surface area (Å²) in [4.78, 5) is 16.0. The number of furan rings is 1. The second-order valence-electron chi connectivity index (χ2n) is 4.79. The van der Waals surface area contributed by atoms with Crippen LogP contribution in [0.1, 0.15) is 29.5 Å². The van der Waals surface area contributed by atoms with E-state index in [-0.39, 0.29) is 17.5 Å². The average Bonchev–Trinajstić information content (AvgIpc) is 2.98. The van der Waals surface area contributed by atoms with Crippen LogP contribution in [-0.2, 0) is 6.42 Å². The van der Waals surface area contributed by atoms with E-state index < -0.39 is 5.82 Å². The third-order valence-corrected chi connectivity index (χ3v) is 3.12. The van der Waals surface area contributed by atoms with Crippen molar-refractivity contribution in [1.82, 2.24) is 10.3 Å². The molecule has 0 fully saturated rings. The Kier molecular flexibility index (Phi) is 4.92. The highest BCUT2D eigenvalue weighted by Crippen LogP contribution is 2.13. The van der Waals surface area contributed by atoms with Crippen molar-refractivity contribution in [2.24, 2.45) is 0 Å². The molecule has 112 valence electrons. The summed E-state index contributed by atoms with van der Waals surface area (Å²) >= 11 is 0. The third kappa shape index (κ3) is 4.05. The topological polar surface area (TPSA) is 67.2 Å². The van der Waals surface area contributed by atoms with Gasteiger partial charge >= 0.3 is 0 Å². The number of nitrogens with one attached hydrogen (secondary N) is 2. The number of amides is 1. The van der Waals surface area contributed by atoms with Crippen molar-refractivity contribution in [3.05, 3.63) is 47.8 Å². The molecule has 2 rings (SSSR count). The molecule has 0 bridgehead atoms. The number of halogens is 1. The first-order chi connectivity index (χ1) is 10.1. The zero-order chi connectivity index (χ0) is 15.2. The van der Waals surface area contributed by atoms with Gasteiger partial charge in [-0.1, -0.05) is 0 Å². The highest BCUT2D eigenvalue weighted by atomic mass is 19.1. The van der Waals surface area contributed by atoms with Crippen molar-refractivity contribution in [3.63, 3.8) is 0 Å². The first kappa shape index (κ1) is 15.0. The normalized spacial score (nSPS) is 12.0. The number of hydrogen-bond donors (Lipinski definition) is 2. The minimum Gasteiger partial charge on any atom is -0.469 e. The van der Waals surface area contributed by atoms with E-state index in [0.717, 1.165) is 24.8 Å². The van der Waals surface area contributed by atoms with Crippen LogP contribution in [0.25, 0.3) is 0 Å². The highest BCUT2D eigenvalue weighted by molar-refractivity contribution is 5.98. The molecule has 0 saturated heterocycles. The number of anilines is 1. The van der Waals surface area contributed by atoms with Gasteiger partial charge in [-0.3, -0.25) is 4.79 Å². The number of rotatable bonds is 6. The Hall–Kier alpha value is -2.37. The number of carbonyl (C=O) groups excluding carboxylic acids is 1. The summed E-state index contributed by atoms with van der Waals surface area (Å²) in [6.07, 6.45) is 4.16. The average molecular weight is 291 g/mol. The molecular weight excluding hydrogens is 273 g/mol. The lowest BCUT2D eigenvalue weighted by molar-refractivity contribution is 0.0938. The predicted molar refractivity (Wildman–Crippen MR) is 77.7 cm³/mol. The molecule has 0 radical (unpaired) electrons. The quantitative estimate of drug-likeness (QED) is 0.858. The molecule has 0 spiro atoms. The van der Waals surface area contributed by atoms with Crippen molar-refractivity contribution in [1.29, 1.82) is 0 Å². The standard InChI is InChI=1S/C15H18FN3O2/c1-10(5-6-12-4-3-7-21-12)19-15(20)13-8-11(16)9-18-14(13)17-2/h3-4,7-10H,5-6H2,1-2H3,(H,17,18)(H,19,20). The van der Waals surface area contributed by atoms with E-state index in [9.17, 15) is 9.18 Å². The van der Waals surface area contributed by atoms with Crippen LogP contribution in [0.4, 0.5) is 10.2 Å². The zero-order valence-corrected chi connectivity index (χ0v) is 12.0. The molecular formula is C15H18FN3O2. The molecule has 2 heterocycles. The van der Waals surface area contributed by atoms with Crippen LogP contribution in [0.5, 0.6) is 0 Å². The van der Waals surface area contributed by atoms with Gasteiger partial charge in [0.1, 0.15) is 17.4 Å². The molecule has 2 N–H and O–H groups in total. The fourth-order valence-corrected chi connectivity index (χ4v) is 2.00. The van der Waals surface area contributed by atoms with E-state index in [2.05, 4.69) is 15.6 Å². The van der Waals surface area contributed by atoms with Crippen molar-refractivity contribution in [2.75, 3.05) is 12.4 Å². The van der Waals surface area contributed by atoms with E-state index in [1.54, 1.807) is 13.3 Å². The number of nitrogens with zero attached hydrogens (tertiary/aromatic N) is 1. The molecule has 1 unspecified atom stereocenters. The molecule has 0 saturated carbocycles. The summed E-state index contributed by atoms with van der Waals surface area (Å²) in [5, 5.41) is 5.61. The van der Waals surface area contributed by atoms with Crippen LogP contribution < -0.4 is 10.6 Å². The maximum absolute atomic E-state index is 13.2. The van der Waals surface area contributed by atoms with Crippen LogP contribution in [0.15, 0.2) is 35.1 Å². The first-order valence-electron chi connectivity index (χ1n) is 6.76. The maximum atomic E-state index is 13.2. The lowest BCUT2D eigenvalue weighted by atomic mass is 10.1. The van der Waals surface area contributed by atoms with Crippen LogP contribution in [0, 0.1) is 5.82 Å². The minimum atomic E-state index is -0.539. The Morgan fingerprint density at radius 3 is 3.00 bits per heavy atom. The lowest BCUT2D eigenvalue weighted by Gasteiger charge is -2.14. The Labute approximate surface area is 122 Å². The molecule has 5 nitrogen and oxygen atoms in total. The van der Waals surface area contributed by atoms with Crippen LogP contribution in [0.2, 0.25) is 0 Å². The van der Waals surface area contributed by atoms with Crippen molar-refractivity contribution >= 4 is 11.7 Å². The van der Waals surface area contributed by atoms with E-state index >= 15 is 0 Å². The molecule has 0 aromatic carbocycles. The minimum absolute atomic E-state index is 0.0597. The van der Waals surface area contributed by atoms with E-state index in [4.69, 9.17) is 4.42 Å². The van der Waals surface area contributed by atoms with Gasteiger partial charge in [-0.25, -0.2) is 9.37 Å². The highest BCUT2D eigenvalue weighted by Gasteiger charge is 2.15. The van der Waals surface area contributed by atoms with E-state index in [1.165, 1.54) is 6.07 Å². The Balaban J connectivity index is 1.95. The monoisotopic (exact) mass is 291 g/mol. The second kappa shape index (κ2) is 6.88. The van der Waals surface area contributed by atoms with Crippen LogP contribution in [0.3, 0.4) is 0 Å². The number of hydrogen-bond acceptors (Lipinski definition) is 4. The van der Waals surface area contributed by atoms with Gasteiger partial charge in [0.05, 0.1) is 18.0 Å². The molecule has 0 aliphatic heterocycles. The van der Waals surface area contributed by atoms with Gasteiger partial charge in [-0.15, -0.1) is 0 Å². The van der Waals surface area contributed by atoms with Gasteiger partial charge < -0.3 is 15.1 Å². The number of aromatic nitrogens is 1. The van der Waals surface area contributed by atoms with Gasteiger partial charge in [-0.2, -0.15) is 0 Å². The van der Waals surface area contributed by atoms with Gasteiger partial charge in [0.15, 0.2) is 0 Å². The molecule has 2 aromatic heterocycles. The fourth-order valence-electron chi connectivity index (χ4n) is 2.00. The third-order valence-electron chi connectivity index (χ3n) is 3.12. The van der Waals surface area contributed by atoms with Crippen LogP contribution >= 0.6 is 0 Å². The maximum Gasteiger partial charge on any atom is 0.255 e. The number of carbonyl (C=O) groups is 1. The first-order valence-corrected chi connectivity index (χ1v) is 6.76. The smallest absolute Gasteiger partial charge is 0.255 e. The summed E-state index contributed by atoms with van der Waals surface area (Å²) in [6, 6.07) is 4.84. The molecule has 0 aliphatic rings. The molecule has 21 heavy (non-hydrogen) atoms. The molecule has 1 amide bonds. The summed E-state index contributed by atoms with van der Waals surface area (Å²) in [7, 11) is 1.64. The molecule has 2 aromatic rings. The van der Waals surface area contributed by atoms with E-state index in [1.807, 2.05) is 19.1 Å². The lowest BCUT2D eigenvalue weighted by Crippen LogP contribution is -2.33.